The van der Waals surface area contributed by atoms with Gasteiger partial charge in [0.25, 0.3) is 0 Å². The Labute approximate surface area is 92.0 Å². The summed E-state index contributed by atoms with van der Waals surface area (Å²) in [5, 5.41) is 4.62. The van der Waals surface area contributed by atoms with E-state index in [1.807, 2.05) is 11.8 Å². The predicted molar refractivity (Wildman–Crippen MR) is 66.0 cm³/mol. The average molecular weight is 214 g/mol. The van der Waals surface area contributed by atoms with Crippen LogP contribution in [0.3, 0.4) is 0 Å². The zero-order valence-electron chi connectivity index (χ0n) is 9.76. The van der Waals surface area contributed by atoms with E-state index in [0.29, 0.717) is 0 Å². The van der Waals surface area contributed by atoms with Gasteiger partial charge < -0.3 is 5.32 Å². The lowest BCUT2D eigenvalue weighted by molar-refractivity contribution is 0.446. The maximum absolute atomic E-state index is 4.59. The molecule has 0 radical (unpaired) electrons. The highest BCUT2D eigenvalue weighted by Crippen LogP contribution is 2.21. The summed E-state index contributed by atoms with van der Waals surface area (Å²) in [6, 6.07) is 0. The molecule has 2 nitrogen and oxygen atoms in total. The zero-order chi connectivity index (χ0) is 10.6. The van der Waals surface area contributed by atoms with Gasteiger partial charge in [-0.1, -0.05) is 25.6 Å². The van der Waals surface area contributed by atoms with Crippen molar-refractivity contribution in [1.29, 1.82) is 0 Å². The van der Waals surface area contributed by atoms with E-state index < -0.39 is 0 Å². The molecule has 3 heteroatoms. The Morgan fingerprint density at radius 2 is 2.21 bits per heavy atom. The van der Waals surface area contributed by atoms with Crippen molar-refractivity contribution in [3.05, 3.63) is 0 Å². The molecule has 1 heterocycles. The van der Waals surface area contributed by atoms with E-state index in [9.17, 15) is 0 Å². The van der Waals surface area contributed by atoms with E-state index in [1.165, 1.54) is 18.6 Å². The van der Waals surface area contributed by atoms with E-state index in [0.717, 1.165) is 17.6 Å². The third-order valence-corrected chi connectivity index (χ3v) is 3.29. The normalized spacial score (nSPS) is 23.9. The van der Waals surface area contributed by atoms with Crippen LogP contribution in [0, 0.1) is 5.92 Å². The number of rotatable bonds is 3. The second-order valence-corrected chi connectivity index (χ2v) is 6.06. The number of nitrogens with one attached hydrogen (secondary N) is 1. The number of aliphatic imine (C=N–C) groups is 1. The van der Waals surface area contributed by atoms with Crippen molar-refractivity contribution >= 4 is 16.9 Å². The largest absolute Gasteiger partial charge is 0.360 e. The predicted octanol–water partition coefficient (Wildman–Crippen LogP) is 2.89. The first-order valence-electron chi connectivity index (χ1n) is 5.45. The minimum Gasteiger partial charge on any atom is -0.360 e. The summed E-state index contributed by atoms with van der Waals surface area (Å²) in [6.45, 7) is 9.93. The van der Waals surface area contributed by atoms with Gasteiger partial charge in [0, 0.05) is 17.8 Å². The Kier molecular flexibility index (Phi) is 4.30. The monoisotopic (exact) mass is 214 g/mol. The summed E-state index contributed by atoms with van der Waals surface area (Å²) in [4.78, 5) is 4.59. The van der Waals surface area contributed by atoms with Crippen LogP contribution in [0.15, 0.2) is 4.99 Å². The Bertz CT molecular complexity index is 209. The van der Waals surface area contributed by atoms with Crippen LogP contribution in [0.5, 0.6) is 0 Å². The summed E-state index contributed by atoms with van der Waals surface area (Å²) >= 11 is 1.86. The smallest absolute Gasteiger partial charge is 0.156 e. The molecule has 1 fully saturated rings. The SMILES string of the molecule is CC(C)CCN=C1NC(C)(C)CCS1. The van der Waals surface area contributed by atoms with Crippen molar-refractivity contribution in [3.8, 4) is 0 Å². The Hall–Kier alpha value is -0.180. The molecule has 0 aromatic rings. The number of nitrogens with zero attached hydrogens (tertiary/aromatic N) is 1. The maximum atomic E-state index is 4.59. The Morgan fingerprint density at radius 1 is 1.50 bits per heavy atom. The van der Waals surface area contributed by atoms with Gasteiger partial charge in [-0.25, -0.2) is 0 Å². The molecule has 0 aromatic heterocycles. The van der Waals surface area contributed by atoms with Gasteiger partial charge in [-0.15, -0.1) is 0 Å². The topological polar surface area (TPSA) is 24.4 Å². The van der Waals surface area contributed by atoms with Crippen molar-refractivity contribution in [2.45, 2.75) is 46.1 Å². The van der Waals surface area contributed by atoms with Gasteiger partial charge in [0.15, 0.2) is 5.17 Å². The van der Waals surface area contributed by atoms with Crippen LogP contribution >= 0.6 is 11.8 Å². The molecule has 1 aliphatic rings. The lowest BCUT2D eigenvalue weighted by atomic mass is 10.0. The maximum Gasteiger partial charge on any atom is 0.156 e. The lowest BCUT2D eigenvalue weighted by Crippen LogP contribution is -2.46. The lowest BCUT2D eigenvalue weighted by Gasteiger charge is -2.32. The van der Waals surface area contributed by atoms with Gasteiger partial charge in [0.1, 0.15) is 0 Å². The van der Waals surface area contributed by atoms with E-state index in [4.69, 9.17) is 0 Å². The van der Waals surface area contributed by atoms with Crippen LogP contribution in [-0.4, -0.2) is 23.0 Å². The van der Waals surface area contributed by atoms with Crippen LogP contribution in [0.4, 0.5) is 0 Å². The molecule has 1 N–H and O–H groups in total. The fourth-order valence-electron chi connectivity index (χ4n) is 1.30. The second kappa shape index (κ2) is 5.06. The van der Waals surface area contributed by atoms with Gasteiger partial charge in [-0.05, 0) is 32.6 Å². The Balaban J connectivity index is 2.36. The summed E-state index contributed by atoms with van der Waals surface area (Å²) < 4.78 is 0. The van der Waals surface area contributed by atoms with Crippen LogP contribution in [0.1, 0.15) is 40.5 Å². The first-order valence-corrected chi connectivity index (χ1v) is 6.43. The molecule has 0 aliphatic carbocycles. The van der Waals surface area contributed by atoms with Gasteiger partial charge in [0.2, 0.25) is 0 Å². The molecule has 82 valence electrons. The van der Waals surface area contributed by atoms with E-state index in [2.05, 4.69) is 38.0 Å². The van der Waals surface area contributed by atoms with Gasteiger partial charge in [-0.3, -0.25) is 4.99 Å². The third-order valence-electron chi connectivity index (χ3n) is 2.37. The van der Waals surface area contributed by atoms with Gasteiger partial charge >= 0.3 is 0 Å². The molecule has 0 saturated carbocycles. The highest BCUT2D eigenvalue weighted by Gasteiger charge is 2.23. The fourth-order valence-corrected chi connectivity index (χ4v) is 2.64. The van der Waals surface area contributed by atoms with Crippen LogP contribution in [0.2, 0.25) is 0 Å². The molecule has 14 heavy (non-hydrogen) atoms. The molecule has 1 saturated heterocycles. The summed E-state index contributed by atoms with van der Waals surface area (Å²) in [5.41, 5.74) is 0.238. The highest BCUT2D eigenvalue weighted by molar-refractivity contribution is 8.13. The molecule has 0 aromatic carbocycles. The number of hydrogen-bond acceptors (Lipinski definition) is 2. The minimum absolute atomic E-state index is 0.238. The van der Waals surface area contributed by atoms with Crippen molar-refractivity contribution in [2.75, 3.05) is 12.3 Å². The number of amidine groups is 1. The van der Waals surface area contributed by atoms with Crippen molar-refractivity contribution in [2.24, 2.45) is 10.9 Å². The van der Waals surface area contributed by atoms with E-state index in [1.54, 1.807) is 0 Å². The first-order chi connectivity index (χ1) is 6.49. The average Bonchev–Trinajstić information content (AvgIpc) is 2.01. The molecular weight excluding hydrogens is 192 g/mol. The van der Waals surface area contributed by atoms with Crippen LogP contribution < -0.4 is 5.32 Å². The van der Waals surface area contributed by atoms with Crippen molar-refractivity contribution in [3.63, 3.8) is 0 Å². The summed E-state index contributed by atoms with van der Waals surface area (Å²) in [7, 11) is 0. The quantitative estimate of drug-likeness (QED) is 0.781. The number of hydrogen-bond donors (Lipinski definition) is 1. The van der Waals surface area contributed by atoms with E-state index >= 15 is 0 Å². The number of thioether (sulfide) groups is 1. The summed E-state index contributed by atoms with van der Waals surface area (Å²) in [5.74, 6) is 1.95. The molecule has 0 bridgehead atoms. The van der Waals surface area contributed by atoms with Crippen LogP contribution in [-0.2, 0) is 0 Å². The molecule has 0 unspecified atom stereocenters. The first kappa shape index (κ1) is 11.9. The second-order valence-electron chi connectivity index (χ2n) is 4.98. The molecule has 1 aliphatic heterocycles. The molecule has 0 atom stereocenters. The fraction of sp³-hybridized carbons (Fsp3) is 0.909. The Morgan fingerprint density at radius 3 is 2.79 bits per heavy atom. The minimum atomic E-state index is 0.238. The molecule has 0 amide bonds. The van der Waals surface area contributed by atoms with Crippen molar-refractivity contribution in [1.82, 2.24) is 5.32 Å². The molecular formula is C11H22N2S. The molecule has 0 spiro atoms. The standard InChI is InChI=1S/C11H22N2S/c1-9(2)5-7-12-10-13-11(3,4)6-8-14-10/h9H,5-8H2,1-4H3,(H,12,13). The molecule has 1 rings (SSSR count). The highest BCUT2D eigenvalue weighted by atomic mass is 32.2. The van der Waals surface area contributed by atoms with Gasteiger partial charge in [-0.2, -0.15) is 0 Å². The van der Waals surface area contributed by atoms with Crippen LogP contribution in [0.25, 0.3) is 0 Å². The van der Waals surface area contributed by atoms with Crippen molar-refractivity contribution < 1.29 is 0 Å². The van der Waals surface area contributed by atoms with E-state index in [-0.39, 0.29) is 5.54 Å². The van der Waals surface area contributed by atoms with Gasteiger partial charge in [0.05, 0.1) is 0 Å². The summed E-state index contributed by atoms with van der Waals surface area (Å²) in [6.07, 6.45) is 2.41. The third kappa shape index (κ3) is 4.36. The zero-order valence-corrected chi connectivity index (χ0v) is 10.6.